The van der Waals surface area contributed by atoms with Crippen LogP contribution in [0.5, 0.6) is 11.5 Å². The van der Waals surface area contributed by atoms with E-state index in [1.165, 1.54) is 51.5 Å². The maximum absolute atomic E-state index is 11.7. The van der Waals surface area contributed by atoms with Crippen molar-refractivity contribution in [1.29, 1.82) is 0 Å². The van der Waals surface area contributed by atoms with E-state index in [4.69, 9.17) is 9.47 Å². The van der Waals surface area contributed by atoms with Gasteiger partial charge in [-0.3, -0.25) is 19.9 Å². The molecular formula is C21H29N3O4. The van der Waals surface area contributed by atoms with Crippen LogP contribution in [0, 0.1) is 16.0 Å². The van der Waals surface area contributed by atoms with Crippen LogP contribution in [-0.2, 0) is 6.54 Å². The van der Waals surface area contributed by atoms with Gasteiger partial charge in [0.05, 0.1) is 11.0 Å². The molecule has 152 valence electrons. The van der Waals surface area contributed by atoms with Crippen molar-refractivity contribution in [2.45, 2.75) is 63.6 Å². The highest BCUT2D eigenvalue weighted by Crippen LogP contribution is 2.41. The van der Waals surface area contributed by atoms with Crippen LogP contribution in [0.4, 0.5) is 5.69 Å². The highest BCUT2D eigenvalue weighted by atomic mass is 16.7. The Morgan fingerprint density at radius 1 is 1.00 bits per heavy atom. The van der Waals surface area contributed by atoms with Crippen LogP contribution in [0.3, 0.4) is 0 Å². The molecule has 3 aliphatic heterocycles. The number of rotatable bonds is 4. The lowest BCUT2D eigenvalue weighted by Gasteiger charge is -2.49. The van der Waals surface area contributed by atoms with E-state index < -0.39 is 0 Å². The van der Waals surface area contributed by atoms with Crippen molar-refractivity contribution < 1.29 is 14.4 Å². The van der Waals surface area contributed by atoms with Gasteiger partial charge in [0, 0.05) is 37.3 Å². The van der Waals surface area contributed by atoms with Gasteiger partial charge in [0.15, 0.2) is 11.5 Å². The second-order valence-corrected chi connectivity index (χ2v) is 8.70. The van der Waals surface area contributed by atoms with E-state index in [-0.39, 0.29) is 17.4 Å². The first-order chi connectivity index (χ1) is 13.7. The zero-order chi connectivity index (χ0) is 19.1. The zero-order valence-corrected chi connectivity index (χ0v) is 16.3. The second-order valence-electron chi connectivity index (χ2n) is 8.70. The van der Waals surface area contributed by atoms with Crippen molar-refractivity contribution in [2.75, 3.05) is 26.4 Å². The van der Waals surface area contributed by atoms with E-state index in [9.17, 15) is 10.1 Å². The Labute approximate surface area is 165 Å². The van der Waals surface area contributed by atoms with E-state index >= 15 is 0 Å². The minimum Gasteiger partial charge on any atom is -0.454 e. The number of nitrogens with zero attached hydrogens (tertiary/aromatic N) is 3. The number of ether oxygens (including phenoxy) is 2. The fraction of sp³-hybridized carbons (Fsp3) is 0.714. The summed E-state index contributed by atoms with van der Waals surface area (Å²) in [6.07, 6.45) is 9.15. The number of nitro groups is 1. The van der Waals surface area contributed by atoms with Crippen LogP contribution in [0.15, 0.2) is 12.1 Å². The normalized spacial score (nSPS) is 28.4. The number of hydrogen-bond acceptors (Lipinski definition) is 6. The van der Waals surface area contributed by atoms with Gasteiger partial charge in [-0.15, -0.1) is 0 Å². The molecule has 7 nitrogen and oxygen atoms in total. The van der Waals surface area contributed by atoms with Crippen LogP contribution in [-0.4, -0.2) is 53.2 Å². The van der Waals surface area contributed by atoms with E-state index in [2.05, 4.69) is 9.80 Å². The Kier molecular flexibility index (Phi) is 4.88. The molecule has 0 bridgehead atoms. The van der Waals surface area contributed by atoms with Gasteiger partial charge in [-0.05, 0) is 44.2 Å². The number of benzene rings is 1. The summed E-state index contributed by atoms with van der Waals surface area (Å²) in [6.45, 7) is 4.04. The van der Waals surface area contributed by atoms with Crippen LogP contribution in [0.25, 0.3) is 0 Å². The first kappa shape index (κ1) is 18.2. The Hall–Kier alpha value is -1.86. The lowest BCUT2D eigenvalue weighted by Crippen LogP contribution is -2.59. The van der Waals surface area contributed by atoms with Crippen molar-refractivity contribution >= 4 is 5.69 Å². The van der Waals surface area contributed by atoms with Gasteiger partial charge >= 0.3 is 0 Å². The van der Waals surface area contributed by atoms with Crippen molar-refractivity contribution in [2.24, 2.45) is 5.92 Å². The van der Waals surface area contributed by atoms with Gasteiger partial charge in [0.25, 0.3) is 5.69 Å². The quantitative estimate of drug-likeness (QED) is 0.581. The SMILES string of the molecule is O=[N+]([O-])c1cc2c(cc1CN1CCN3CCC[C@H]3[C@H]1C1CCCCC1)OCO2. The summed E-state index contributed by atoms with van der Waals surface area (Å²) < 4.78 is 10.9. The molecule has 0 radical (unpaired) electrons. The molecule has 4 aliphatic rings. The Bertz CT molecular complexity index is 749. The average molecular weight is 387 g/mol. The van der Waals surface area contributed by atoms with Crippen molar-refractivity contribution in [3.05, 3.63) is 27.8 Å². The fourth-order valence-corrected chi connectivity index (χ4v) is 5.93. The molecule has 3 heterocycles. The van der Waals surface area contributed by atoms with Gasteiger partial charge in [-0.25, -0.2) is 0 Å². The molecule has 0 N–H and O–H groups in total. The number of piperazine rings is 1. The van der Waals surface area contributed by atoms with Crippen molar-refractivity contribution in [3.63, 3.8) is 0 Å². The van der Waals surface area contributed by atoms with E-state index in [1.54, 1.807) is 6.07 Å². The molecule has 0 amide bonds. The first-order valence-electron chi connectivity index (χ1n) is 10.8. The first-order valence-corrected chi connectivity index (χ1v) is 10.8. The summed E-state index contributed by atoms with van der Waals surface area (Å²) >= 11 is 0. The molecule has 7 heteroatoms. The maximum Gasteiger partial charge on any atom is 0.277 e. The highest BCUT2D eigenvalue weighted by molar-refractivity contribution is 5.55. The topological polar surface area (TPSA) is 68.1 Å². The average Bonchev–Trinajstić information content (AvgIpc) is 3.36. The highest BCUT2D eigenvalue weighted by Gasteiger charge is 2.43. The Morgan fingerprint density at radius 2 is 1.79 bits per heavy atom. The molecule has 0 aromatic heterocycles. The monoisotopic (exact) mass is 387 g/mol. The summed E-state index contributed by atoms with van der Waals surface area (Å²) in [5.74, 6) is 1.84. The zero-order valence-electron chi connectivity index (χ0n) is 16.3. The third-order valence-corrected chi connectivity index (χ3v) is 7.18. The minimum absolute atomic E-state index is 0.140. The molecular weight excluding hydrogens is 358 g/mol. The van der Waals surface area contributed by atoms with E-state index in [1.807, 2.05) is 6.07 Å². The molecule has 1 aromatic rings. The van der Waals surface area contributed by atoms with Crippen LogP contribution >= 0.6 is 0 Å². The summed E-state index contributed by atoms with van der Waals surface area (Å²) in [6, 6.07) is 4.50. The fourth-order valence-electron chi connectivity index (χ4n) is 5.93. The predicted octanol–water partition coefficient (Wildman–Crippen LogP) is 3.55. The molecule has 3 fully saturated rings. The third-order valence-electron chi connectivity index (χ3n) is 7.18. The lowest BCUT2D eigenvalue weighted by molar-refractivity contribution is -0.385. The van der Waals surface area contributed by atoms with Gasteiger partial charge in [0.2, 0.25) is 6.79 Å². The second kappa shape index (κ2) is 7.52. The number of nitro benzene ring substituents is 1. The van der Waals surface area contributed by atoms with Crippen LogP contribution in [0.1, 0.15) is 50.5 Å². The molecule has 1 saturated carbocycles. The van der Waals surface area contributed by atoms with Gasteiger partial charge < -0.3 is 9.47 Å². The third kappa shape index (κ3) is 3.24. The molecule has 28 heavy (non-hydrogen) atoms. The maximum atomic E-state index is 11.7. The van der Waals surface area contributed by atoms with E-state index in [0.717, 1.165) is 18.7 Å². The summed E-state index contributed by atoms with van der Waals surface area (Å²) in [7, 11) is 0. The minimum atomic E-state index is -0.279. The Morgan fingerprint density at radius 3 is 2.57 bits per heavy atom. The van der Waals surface area contributed by atoms with Crippen molar-refractivity contribution in [3.8, 4) is 11.5 Å². The molecule has 1 aliphatic carbocycles. The van der Waals surface area contributed by atoms with Crippen molar-refractivity contribution in [1.82, 2.24) is 9.80 Å². The molecule has 0 spiro atoms. The standard InChI is InChI=1S/C21H29N3O4/c25-24(26)18-12-20-19(27-14-28-20)11-16(18)13-23-10-9-22-8-4-7-17(22)21(23)15-5-2-1-3-6-15/h11-12,15,17,21H,1-10,13-14H2/t17-,21+/m0/s1. The number of hydrogen-bond donors (Lipinski definition) is 0. The summed E-state index contributed by atoms with van der Waals surface area (Å²) in [5, 5.41) is 11.7. The molecule has 1 aromatic carbocycles. The van der Waals surface area contributed by atoms with Gasteiger partial charge in [-0.2, -0.15) is 0 Å². The van der Waals surface area contributed by atoms with E-state index in [0.29, 0.717) is 36.0 Å². The van der Waals surface area contributed by atoms with Gasteiger partial charge in [0.1, 0.15) is 0 Å². The largest absolute Gasteiger partial charge is 0.454 e. The number of fused-ring (bicyclic) bond motifs is 2. The summed E-state index contributed by atoms with van der Waals surface area (Å²) in [4.78, 5) is 16.7. The molecule has 5 rings (SSSR count). The van der Waals surface area contributed by atoms with Crippen LogP contribution < -0.4 is 9.47 Å². The molecule has 2 saturated heterocycles. The molecule has 2 atom stereocenters. The lowest BCUT2D eigenvalue weighted by atomic mass is 9.78. The van der Waals surface area contributed by atoms with Gasteiger partial charge in [-0.1, -0.05) is 19.3 Å². The van der Waals surface area contributed by atoms with Crippen LogP contribution in [0.2, 0.25) is 0 Å². The molecule has 0 unspecified atom stereocenters. The summed E-state index contributed by atoms with van der Waals surface area (Å²) in [5.41, 5.74) is 0.905. The predicted molar refractivity (Wildman–Crippen MR) is 105 cm³/mol. The smallest absolute Gasteiger partial charge is 0.277 e. The Balaban J connectivity index is 1.45.